The van der Waals surface area contributed by atoms with E-state index in [0.717, 1.165) is 43.4 Å². The number of hydrogen-bond acceptors (Lipinski definition) is 5. The molecule has 0 aliphatic carbocycles. The van der Waals surface area contributed by atoms with Crippen molar-refractivity contribution in [2.24, 2.45) is 0 Å². The maximum atomic E-state index is 15.0. The molecule has 0 bridgehead atoms. The number of rotatable bonds is 2. The number of halogens is 2. The van der Waals surface area contributed by atoms with Gasteiger partial charge in [0.1, 0.15) is 5.52 Å². The van der Waals surface area contributed by atoms with Gasteiger partial charge in [-0.1, -0.05) is 11.6 Å². The van der Waals surface area contributed by atoms with Gasteiger partial charge in [-0.25, -0.2) is 9.37 Å². The quantitative estimate of drug-likeness (QED) is 0.658. The monoisotopic (exact) mass is 376 g/mol. The largest absolute Gasteiger partial charge is 0.367 e. The van der Waals surface area contributed by atoms with Crippen LogP contribution in [0, 0.1) is 12.7 Å². The van der Waals surface area contributed by atoms with E-state index in [-0.39, 0.29) is 5.82 Å². The summed E-state index contributed by atoms with van der Waals surface area (Å²) in [4.78, 5) is 13.1. The lowest BCUT2D eigenvalue weighted by atomic mass is 10.1. The van der Waals surface area contributed by atoms with E-state index in [4.69, 9.17) is 11.6 Å². The first-order valence-corrected chi connectivity index (χ1v) is 9.54. The second-order valence-corrected chi connectivity index (χ2v) is 7.43. The average Bonchev–Trinajstić information content (AvgIpc) is 2.89. The van der Waals surface area contributed by atoms with E-state index in [0.29, 0.717) is 21.6 Å². The first kappa shape index (κ1) is 16.5. The lowest BCUT2D eigenvalue weighted by Gasteiger charge is -2.24. The Labute approximate surface area is 154 Å². The van der Waals surface area contributed by atoms with Crippen molar-refractivity contribution >= 4 is 44.7 Å². The lowest BCUT2D eigenvalue weighted by Crippen LogP contribution is -2.31. The number of aromatic nitrogens is 2. The van der Waals surface area contributed by atoms with Crippen molar-refractivity contribution in [3.63, 3.8) is 0 Å². The fourth-order valence-electron chi connectivity index (χ4n) is 3.22. The minimum Gasteiger partial charge on any atom is -0.367 e. The molecule has 0 amide bonds. The molecule has 1 aromatic carbocycles. The molecular weight excluding hydrogens is 359 g/mol. The van der Waals surface area contributed by atoms with Gasteiger partial charge in [-0.3, -0.25) is 4.98 Å². The van der Waals surface area contributed by atoms with Crippen LogP contribution < -0.4 is 9.80 Å². The van der Waals surface area contributed by atoms with Crippen molar-refractivity contribution in [1.82, 2.24) is 9.97 Å². The molecule has 3 aromatic rings. The third kappa shape index (κ3) is 3.16. The molecule has 1 saturated heterocycles. The molecule has 1 fully saturated rings. The predicted octanol–water partition coefficient (Wildman–Crippen LogP) is 4.51. The summed E-state index contributed by atoms with van der Waals surface area (Å²) < 4.78 is 15.0. The van der Waals surface area contributed by atoms with Gasteiger partial charge in [0, 0.05) is 43.1 Å². The molecule has 4 nitrogen and oxygen atoms in total. The van der Waals surface area contributed by atoms with Gasteiger partial charge in [0.15, 0.2) is 10.9 Å². The molecule has 0 spiro atoms. The third-order valence-corrected chi connectivity index (χ3v) is 5.84. The van der Waals surface area contributed by atoms with E-state index in [1.54, 1.807) is 23.6 Å². The number of thiazole rings is 1. The fraction of sp³-hybridized carbons (Fsp3) is 0.333. The summed E-state index contributed by atoms with van der Waals surface area (Å²) >= 11 is 7.82. The Balaban J connectivity index is 1.60. The molecule has 7 heteroatoms. The number of aryl methyl sites for hydroxylation is 1. The lowest BCUT2D eigenvalue weighted by molar-refractivity contribution is 0.627. The number of benzene rings is 1. The molecule has 0 N–H and O–H groups in total. The van der Waals surface area contributed by atoms with Crippen molar-refractivity contribution < 1.29 is 4.39 Å². The van der Waals surface area contributed by atoms with Crippen LogP contribution in [0.15, 0.2) is 29.8 Å². The van der Waals surface area contributed by atoms with E-state index in [1.165, 1.54) is 0 Å². The van der Waals surface area contributed by atoms with E-state index in [1.807, 2.05) is 19.1 Å². The highest BCUT2D eigenvalue weighted by Crippen LogP contribution is 2.31. The molecule has 0 unspecified atom stereocenters. The summed E-state index contributed by atoms with van der Waals surface area (Å²) in [7, 11) is 0. The van der Waals surface area contributed by atoms with Crippen LogP contribution in [0.5, 0.6) is 0 Å². The standard InChI is InChI=1S/C18H18ClFN4S/c1-12-11-25-18(22-12)24-8-2-7-23(9-10-24)15-4-3-13-14(19)5-6-21-17(13)16(15)20/h3-6,11H,2,7-10H2,1H3. The van der Waals surface area contributed by atoms with Crippen LogP contribution in [0.25, 0.3) is 10.9 Å². The van der Waals surface area contributed by atoms with Crippen molar-refractivity contribution in [2.45, 2.75) is 13.3 Å². The Morgan fingerprint density at radius 1 is 1.12 bits per heavy atom. The maximum absolute atomic E-state index is 15.0. The summed E-state index contributed by atoms with van der Waals surface area (Å²) in [5, 5.41) is 4.29. The van der Waals surface area contributed by atoms with Crippen LogP contribution >= 0.6 is 22.9 Å². The highest BCUT2D eigenvalue weighted by Gasteiger charge is 2.21. The minimum atomic E-state index is -0.293. The van der Waals surface area contributed by atoms with Crippen molar-refractivity contribution in [3.8, 4) is 0 Å². The summed E-state index contributed by atoms with van der Waals surface area (Å²) in [6.07, 6.45) is 2.51. The molecule has 0 atom stereocenters. The minimum absolute atomic E-state index is 0.293. The fourth-order valence-corrected chi connectivity index (χ4v) is 4.29. The van der Waals surface area contributed by atoms with Crippen molar-refractivity contribution in [2.75, 3.05) is 36.0 Å². The van der Waals surface area contributed by atoms with Crippen LogP contribution in [0.2, 0.25) is 5.02 Å². The van der Waals surface area contributed by atoms with E-state index >= 15 is 4.39 Å². The van der Waals surface area contributed by atoms with Crippen molar-refractivity contribution in [1.29, 1.82) is 0 Å². The van der Waals surface area contributed by atoms with Gasteiger partial charge in [0.2, 0.25) is 0 Å². The van der Waals surface area contributed by atoms with Gasteiger partial charge in [-0.15, -0.1) is 11.3 Å². The summed E-state index contributed by atoms with van der Waals surface area (Å²) in [6.45, 7) is 5.33. The van der Waals surface area contributed by atoms with Crippen LogP contribution in [0.4, 0.5) is 15.2 Å². The van der Waals surface area contributed by atoms with Gasteiger partial charge in [-0.05, 0) is 31.5 Å². The SMILES string of the molecule is Cc1csc(N2CCCN(c3ccc4c(Cl)ccnc4c3F)CC2)n1. The number of anilines is 2. The van der Waals surface area contributed by atoms with E-state index in [9.17, 15) is 0 Å². The van der Waals surface area contributed by atoms with E-state index in [2.05, 4.69) is 25.1 Å². The highest BCUT2D eigenvalue weighted by molar-refractivity contribution is 7.13. The van der Waals surface area contributed by atoms with E-state index < -0.39 is 0 Å². The number of pyridine rings is 1. The normalized spacial score (nSPS) is 15.6. The van der Waals surface area contributed by atoms with Gasteiger partial charge in [0.05, 0.1) is 16.4 Å². The second-order valence-electron chi connectivity index (χ2n) is 6.19. The number of fused-ring (bicyclic) bond motifs is 1. The zero-order valence-corrected chi connectivity index (χ0v) is 15.4. The first-order chi connectivity index (χ1) is 12.1. The summed E-state index contributed by atoms with van der Waals surface area (Å²) in [5.74, 6) is -0.293. The molecule has 3 heterocycles. The second kappa shape index (κ2) is 6.77. The highest BCUT2D eigenvalue weighted by atomic mass is 35.5. The smallest absolute Gasteiger partial charge is 0.185 e. The number of hydrogen-bond donors (Lipinski definition) is 0. The first-order valence-electron chi connectivity index (χ1n) is 8.28. The van der Waals surface area contributed by atoms with Crippen LogP contribution in [-0.2, 0) is 0 Å². The van der Waals surface area contributed by atoms with Crippen LogP contribution in [-0.4, -0.2) is 36.1 Å². The van der Waals surface area contributed by atoms with Gasteiger partial charge in [0.25, 0.3) is 0 Å². The molecule has 0 radical (unpaired) electrons. The maximum Gasteiger partial charge on any atom is 0.185 e. The molecule has 2 aromatic heterocycles. The molecule has 0 saturated carbocycles. The zero-order chi connectivity index (χ0) is 17.4. The molecule has 4 rings (SSSR count). The Morgan fingerprint density at radius 2 is 1.92 bits per heavy atom. The Morgan fingerprint density at radius 3 is 2.72 bits per heavy atom. The third-order valence-electron chi connectivity index (χ3n) is 4.49. The molecule has 25 heavy (non-hydrogen) atoms. The number of nitrogens with zero attached hydrogens (tertiary/aromatic N) is 4. The van der Waals surface area contributed by atoms with Gasteiger partial charge < -0.3 is 9.80 Å². The summed E-state index contributed by atoms with van der Waals surface area (Å²) in [6, 6.07) is 5.35. The molecule has 1 aliphatic rings. The van der Waals surface area contributed by atoms with Crippen LogP contribution in [0.1, 0.15) is 12.1 Å². The Bertz CT molecular complexity index is 913. The summed E-state index contributed by atoms with van der Waals surface area (Å²) in [5.41, 5.74) is 1.98. The van der Waals surface area contributed by atoms with Gasteiger partial charge >= 0.3 is 0 Å². The molecule has 130 valence electrons. The molecular formula is C18H18ClFN4S. The Hall–Kier alpha value is -1.92. The predicted molar refractivity (Wildman–Crippen MR) is 103 cm³/mol. The zero-order valence-electron chi connectivity index (χ0n) is 13.9. The Kier molecular flexibility index (Phi) is 4.48. The molecule has 1 aliphatic heterocycles. The van der Waals surface area contributed by atoms with Gasteiger partial charge in [-0.2, -0.15) is 0 Å². The van der Waals surface area contributed by atoms with Crippen molar-refractivity contribution in [3.05, 3.63) is 46.3 Å². The average molecular weight is 377 g/mol. The topological polar surface area (TPSA) is 32.3 Å². The van der Waals surface area contributed by atoms with Crippen LogP contribution in [0.3, 0.4) is 0 Å².